The van der Waals surface area contributed by atoms with Gasteiger partial charge in [0.05, 0.1) is 5.69 Å². The van der Waals surface area contributed by atoms with Crippen LogP contribution in [0.25, 0.3) is 5.69 Å². The maximum Gasteiger partial charge on any atom is 1.00 e. The summed E-state index contributed by atoms with van der Waals surface area (Å²) in [4.78, 5) is 35.5. The number of hydrogen-bond acceptors (Lipinski definition) is 4. The second-order valence-corrected chi connectivity index (χ2v) is 3.66. The van der Waals surface area contributed by atoms with Crippen LogP contribution in [0.15, 0.2) is 33.9 Å². The molecule has 0 aliphatic rings. The molecule has 0 fully saturated rings. The fraction of sp³-hybridized carbons (Fsp3) is 0.0909. The Bertz CT molecular complexity index is 735. The molecule has 2 rings (SSSR count). The molecule has 0 amide bonds. The molecular weight excluding hydrogens is 261 g/mol. The molecule has 2 aromatic rings. The predicted octanol–water partition coefficient (Wildman–Crippen LogP) is -3.07. The van der Waals surface area contributed by atoms with Gasteiger partial charge in [0.2, 0.25) is 5.69 Å². The van der Waals surface area contributed by atoms with Gasteiger partial charge < -0.3 is 5.11 Å². The average molecular weight is 270 g/mol. The summed E-state index contributed by atoms with van der Waals surface area (Å²) in [5.41, 5.74) is -1.26. The number of benzene rings is 1. The van der Waals surface area contributed by atoms with Crippen LogP contribution in [-0.4, -0.2) is 25.8 Å². The van der Waals surface area contributed by atoms with Crippen molar-refractivity contribution in [2.75, 3.05) is 0 Å². The maximum atomic E-state index is 11.6. The molecule has 1 aromatic carbocycles. The minimum absolute atomic E-state index is 0. The Morgan fingerprint density at radius 1 is 1.37 bits per heavy atom. The van der Waals surface area contributed by atoms with Gasteiger partial charge in [0.15, 0.2) is 0 Å². The smallest absolute Gasteiger partial charge is 0.476 e. The molecule has 1 heterocycles. The van der Waals surface area contributed by atoms with Crippen molar-refractivity contribution in [3.63, 3.8) is 0 Å². The van der Waals surface area contributed by atoms with Crippen molar-refractivity contribution in [3.8, 4) is 5.69 Å². The van der Waals surface area contributed by atoms with E-state index in [2.05, 4.69) is 5.10 Å². The van der Waals surface area contributed by atoms with Crippen LogP contribution in [-0.2, 0) is 0 Å². The second-order valence-electron chi connectivity index (χ2n) is 3.66. The number of carbonyl (C=O) groups is 1. The van der Waals surface area contributed by atoms with Crippen molar-refractivity contribution < 1.29 is 39.5 Å². The molecule has 0 spiro atoms. The molecule has 8 heteroatoms. The van der Waals surface area contributed by atoms with E-state index in [1.165, 1.54) is 0 Å². The summed E-state index contributed by atoms with van der Waals surface area (Å²) in [6, 6.07) is 6.76. The molecule has 0 unspecified atom stereocenters. The number of aromatic amines is 1. The van der Waals surface area contributed by atoms with E-state index in [-0.39, 0.29) is 29.6 Å². The SMILES string of the molecule is Cc1cccc(-n2nc(C(=O)O)c(=O)[nH]c2=O)c1.[Na+]. The number of carboxylic acids is 1. The van der Waals surface area contributed by atoms with Crippen molar-refractivity contribution in [2.24, 2.45) is 0 Å². The first kappa shape index (κ1) is 15.4. The largest absolute Gasteiger partial charge is 1.00 e. The number of nitrogens with zero attached hydrogens (tertiary/aromatic N) is 2. The first-order chi connectivity index (χ1) is 8.49. The minimum Gasteiger partial charge on any atom is -0.476 e. The number of aromatic nitrogens is 3. The Morgan fingerprint density at radius 2 is 2.05 bits per heavy atom. The molecule has 0 radical (unpaired) electrons. The molecule has 0 saturated heterocycles. The fourth-order valence-electron chi connectivity index (χ4n) is 1.47. The van der Waals surface area contributed by atoms with Gasteiger partial charge in [-0.15, -0.1) is 0 Å². The Hall–Kier alpha value is -1.70. The van der Waals surface area contributed by atoms with Crippen LogP contribution >= 0.6 is 0 Å². The summed E-state index contributed by atoms with van der Waals surface area (Å²) in [5, 5.41) is 12.3. The van der Waals surface area contributed by atoms with E-state index < -0.39 is 22.9 Å². The zero-order valence-electron chi connectivity index (χ0n) is 10.4. The van der Waals surface area contributed by atoms with E-state index in [4.69, 9.17) is 5.11 Å². The van der Waals surface area contributed by atoms with Gasteiger partial charge in [-0.2, -0.15) is 9.78 Å². The zero-order valence-corrected chi connectivity index (χ0v) is 12.4. The molecule has 0 aliphatic heterocycles. The second kappa shape index (κ2) is 5.96. The molecular formula is C11H9N3NaO4+. The Kier molecular flexibility index (Phi) is 4.82. The topological polar surface area (TPSA) is 105 Å². The molecule has 0 bridgehead atoms. The Labute approximate surface area is 129 Å². The van der Waals surface area contributed by atoms with Gasteiger partial charge in [0.25, 0.3) is 5.56 Å². The first-order valence-corrected chi connectivity index (χ1v) is 5.03. The van der Waals surface area contributed by atoms with Gasteiger partial charge in [0.1, 0.15) is 0 Å². The summed E-state index contributed by atoms with van der Waals surface area (Å²) >= 11 is 0. The van der Waals surface area contributed by atoms with Crippen molar-refractivity contribution in [1.29, 1.82) is 0 Å². The molecule has 1 aromatic heterocycles. The van der Waals surface area contributed by atoms with Gasteiger partial charge in [-0.3, -0.25) is 9.78 Å². The van der Waals surface area contributed by atoms with Gasteiger partial charge in [0, 0.05) is 0 Å². The van der Waals surface area contributed by atoms with Gasteiger partial charge >= 0.3 is 41.2 Å². The standard InChI is InChI=1S/C11H9N3O4.Na/c1-6-3-2-4-7(5-6)14-11(18)12-9(15)8(13-14)10(16)17;/h2-5H,1H3,(H,16,17)(H,12,15,18);/q;+1. The maximum absolute atomic E-state index is 11.6. The average Bonchev–Trinajstić information content (AvgIpc) is 2.28. The third kappa shape index (κ3) is 3.19. The predicted molar refractivity (Wildman–Crippen MR) is 62.2 cm³/mol. The number of rotatable bonds is 2. The van der Waals surface area contributed by atoms with Gasteiger partial charge in [-0.1, -0.05) is 12.1 Å². The molecule has 92 valence electrons. The molecule has 0 aliphatic carbocycles. The van der Waals surface area contributed by atoms with Crippen molar-refractivity contribution in [2.45, 2.75) is 6.92 Å². The summed E-state index contributed by atoms with van der Waals surface area (Å²) in [6.07, 6.45) is 0. The van der Waals surface area contributed by atoms with Crippen LogP contribution in [0, 0.1) is 6.92 Å². The van der Waals surface area contributed by atoms with Gasteiger partial charge in [-0.25, -0.2) is 9.59 Å². The van der Waals surface area contributed by atoms with E-state index in [0.717, 1.165) is 10.2 Å². The number of aromatic carboxylic acids is 1. The third-order valence-electron chi connectivity index (χ3n) is 2.28. The third-order valence-corrected chi connectivity index (χ3v) is 2.28. The molecule has 19 heavy (non-hydrogen) atoms. The van der Waals surface area contributed by atoms with Crippen LogP contribution < -0.4 is 40.8 Å². The van der Waals surface area contributed by atoms with Crippen molar-refractivity contribution in [1.82, 2.24) is 14.8 Å². The van der Waals surface area contributed by atoms with E-state index in [1.54, 1.807) is 18.2 Å². The first-order valence-electron chi connectivity index (χ1n) is 5.03. The Balaban J connectivity index is 0.00000180. The van der Waals surface area contributed by atoms with Crippen LogP contribution in [0.2, 0.25) is 0 Å². The Morgan fingerprint density at radius 3 is 2.63 bits per heavy atom. The summed E-state index contributed by atoms with van der Waals surface area (Å²) in [6.45, 7) is 1.82. The van der Waals surface area contributed by atoms with E-state index >= 15 is 0 Å². The van der Waals surface area contributed by atoms with Crippen LogP contribution in [0.4, 0.5) is 0 Å². The number of aryl methyl sites for hydroxylation is 1. The zero-order chi connectivity index (χ0) is 13.3. The monoisotopic (exact) mass is 270 g/mol. The summed E-state index contributed by atoms with van der Waals surface area (Å²) in [7, 11) is 0. The number of carboxylic acid groups (broad SMARTS) is 1. The van der Waals surface area contributed by atoms with Crippen LogP contribution in [0.1, 0.15) is 16.1 Å². The quantitative estimate of drug-likeness (QED) is 0.563. The van der Waals surface area contributed by atoms with E-state index in [0.29, 0.717) is 5.69 Å². The normalized spacial score (nSPS) is 9.74. The number of hydrogen-bond donors (Lipinski definition) is 2. The van der Waals surface area contributed by atoms with E-state index in [1.807, 2.05) is 18.0 Å². The molecule has 2 N–H and O–H groups in total. The van der Waals surface area contributed by atoms with Crippen molar-refractivity contribution >= 4 is 5.97 Å². The summed E-state index contributed by atoms with van der Waals surface area (Å²) < 4.78 is 0.845. The molecule has 0 atom stereocenters. The van der Waals surface area contributed by atoms with Crippen LogP contribution in [0.5, 0.6) is 0 Å². The number of nitrogens with one attached hydrogen (secondary N) is 1. The molecule has 0 saturated carbocycles. The van der Waals surface area contributed by atoms with E-state index in [9.17, 15) is 14.4 Å². The van der Waals surface area contributed by atoms with Gasteiger partial charge in [-0.05, 0) is 24.6 Å². The number of H-pyrrole nitrogens is 1. The van der Waals surface area contributed by atoms with Crippen molar-refractivity contribution in [3.05, 3.63) is 56.4 Å². The minimum atomic E-state index is -1.49. The summed E-state index contributed by atoms with van der Waals surface area (Å²) in [5.74, 6) is -1.49. The van der Waals surface area contributed by atoms with Crippen LogP contribution in [0.3, 0.4) is 0 Å². The molecule has 7 nitrogen and oxygen atoms in total. The fourth-order valence-corrected chi connectivity index (χ4v) is 1.47.